The molecule has 0 bridgehead atoms. The molecule has 1 aromatic carbocycles. The molecule has 0 aliphatic heterocycles. The number of aliphatic hydroxyl groups is 1. The predicted octanol–water partition coefficient (Wildman–Crippen LogP) is 2.15. The Hall–Kier alpha value is -2.14. The minimum atomic E-state index is -0.604. The van der Waals surface area contributed by atoms with Crippen LogP contribution in [0.5, 0.6) is 0 Å². The van der Waals surface area contributed by atoms with E-state index in [4.69, 9.17) is 0 Å². The first kappa shape index (κ1) is 17.2. The van der Waals surface area contributed by atoms with Crippen LogP contribution in [0.15, 0.2) is 42.7 Å². The Morgan fingerprint density at radius 3 is 2.78 bits per heavy atom. The zero-order valence-corrected chi connectivity index (χ0v) is 13.8. The van der Waals surface area contributed by atoms with Crippen molar-refractivity contribution in [2.75, 3.05) is 0 Å². The second-order valence-corrected chi connectivity index (χ2v) is 5.75. The second-order valence-electron chi connectivity index (χ2n) is 5.75. The minimum absolute atomic E-state index is 0.142. The van der Waals surface area contributed by atoms with Crippen LogP contribution in [0.25, 0.3) is 0 Å². The quantitative estimate of drug-likeness (QED) is 0.784. The zero-order valence-electron chi connectivity index (χ0n) is 13.8. The standard InChI is InChI=1S/C18H25N3O2/c1-3-16(22)14(2)18(23)20-13-17-19-10-12-21(17)11-9-15-7-5-4-6-8-15/h4-8,10,12,14,16,22H,3,9,11,13H2,1-2H3,(H,20,23). The first-order chi connectivity index (χ1) is 11.1. The van der Waals surface area contributed by atoms with Crippen molar-refractivity contribution in [3.63, 3.8) is 0 Å². The van der Waals surface area contributed by atoms with Crippen LogP contribution in [-0.4, -0.2) is 26.7 Å². The Labute approximate surface area is 137 Å². The van der Waals surface area contributed by atoms with E-state index in [0.717, 1.165) is 18.8 Å². The summed E-state index contributed by atoms with van der Waals surface area (Å²) >= 11 is 0. The highest BCUT2D eigenvalue weighted by Crippen LogP contribution is 2.08. The molecular formula is C18H25N3O2. The molecule has 1 amide bonds. The van der Waals surface area contributed by atoms with Gasteiger partial charge in [0.2, 0.25) is 5.91 Å². The number of nitrogens with one attached hydrogen (secondary N) is 1. The van der Waals surface area contributed by atoms with Gasteiger partial charge in [0.05, 0.1) is 18.6 Å². The fourth-order valence-corrected chi connectivity index (χ4v) is 2.46. The van der Waals surface area contributed by atoms with E-state index >= 15 is 0 Å². The monoisotopic (exact) mass is 315 g/mol. The molecule has 0 fully saturated rings. The molecule has 2 rings (SSSR count). The van der Waals surface area contributed by atoms with E-state index in [2.05, 4.69) is 22.4 Å². The maximum Gasteiger partial charge on any atom is 0.225 e. The molecule has 0 spiro atoms. The van der Waals surface area contributed by atoms with E-state index in [-0.39, 0.29) is 5.91 Å². The van der Waals surface area contributed by atoms with Crippen LogP contribution in [0, 0.1) is 5.92 Å². The molecule has 0 radical (unpaired) electrons. The lowest BCUT2D eigenvalue weighted by Gasteiger charge is -2.17. The fraction of sp³-hybridized carbons (Fsp3) is 0.444. The Balaban J connectivity index is 1.87. The second kappa shape index (κ2) is 8.48. The SMILES string of the molecule is CCC(O)C(C)C(=O)NCc1nccn1CCc1ccccc1. The first-order valence-corrected chi connectivity index (χ1v) is 8.11. The van der Waals surface area contributed by atoms with Gasteiger partial charge in [0.25, 0.3) is 0 Å². The number of aryl methyl sites for hydroxylation is 2. The van der Waals surface area contributed by atoms with Crippen molar-refractivity contribution in [3.8, 4) is 0 Å². The molecule has 0 aliphatic carbocycles. The molecule has 1 heterocycles. The lowest BCUT2D eigenvalue weighted by Crippen LogP contribution is -2.35. The van der Waals surface area contributed by atoms with Gasteiger partial charge in [-0.15, -0.1) is 0 Å². The summed E-state index contributed by atoms with van der Waals surface area (Å²) in [5, 5.41) is 12.6. The highest BCUT2D eigenvalue weighted by Gasteiger charge is 2.20. The van der Waals surface area contributed by atoms with Gasteiger partial charge in [-0.2, -0.15) is 0 Å². The van der Waals surface area contributed by atoms with Crippen LogP contribution in [0.4, 0.5) is 0 Å². The van der Waals surface area contributed by atoms with Gasteiger partial charge in [-0.25, -0.2) is 4.98 Å². The third-order valence-corrected chi connectivity index (χ3v) is 4.12. The normalized spacial score (nSPS) is 13.5. The molecule has 0 saturated carbocycles. The number of amides is 1. The third kappa shape index (κ3) is 4.93. The molecule has 23 heavy (non-hydrogen) atoms. The van der Waals surface area contributed by atoms with Crippen LogP contribution < -0.4 is 5.32 Å². The van der Waals surface area contributed by atoms with Gasteiger partial charge >= 0.3 is 0 Å². The van der Waals surface area contributed by atoms with Gasteiger partial charge in [0.15, 0.2) is 0 Å². The van der Waals surface area contributed by atoms with Crippen molar-refractivity contribution in [1.82, 2.24) is 14.9 Å². The molecule has 0 aliphatic rings. The molecular weight excluding hydrogens is 290 g/mol. The number of nitrogens with zero attached hydrogens (tertiary/aromatic N) is 2. The summed E-state index contributed by atoms with van der Waals surface area (Å²) in [6.45, 7) is 4.81. The number of carbonyl (C=O) groups excluding carboxylic acids is 1. The third-order valence-electron chi connectivity index (χ3n) is 4.12. The van der Waals surface area contributed by atoms with Gasteiger partial charge in [-0.3, -0.25) is 4.79 Å². The largest absolute Gasteiger partial charge is 0.392 e. The first-order valence-electron chi connectivity index (χ1n) is 8.11. The Bertz CT molecular complexity index is 610. The number of aliphatic hydroxyl groups excluding tert-OH is 1. The van der Waals surface area contributed by atoms with Crippen LogP contribution in [0.2, 0.25) is 0 Å². The van der Waals surface area contributed by atoms with Crippen molar-refractivity contribution in [1.29, 1.82) is 0 Å². The van der Waals surface area contributed by atoms with Gasteiger partial charge in [-0.1, -0.05) is 44.2 Å². The molecule has 5 heteroatoms. The highest BCUT2D eigenvalue weighted by molar-refractivity contribution is 5.78. The van der Waals surface area contributed by atoms with Crippen LogP contribution in [-0.2, 0) is 24.3 Å². The van der Waals surface area contributed by atoms with Crippen molar-refractivity contribution < 1.29 is 9.90 Å². The number of aromatic nitrogens is 2. The maximum absolute atomic E-state index is 12.0. The summed E-state index contributed by atoms with van der Waals surface area (Å²) in [5.74, 6) is 0.275. The molecule has 0 saturated heterocycles. The van der Waals surface area contributed by atoms with E-state index in [1.807, 2.05) is 35.9 Å². The topological polar surface area (TPSA) is 67.2 Å². The van der Waals surface area contributed by atoms with Crippen molar-refractivity contribution in [2.24, 2.45) is 5.92 Å². The summed E-state index contributed by atoms with van der Waals surface area (Å²) in [4.78, 5) is 16.3. The van der Waals surface area contributed by atoms with Crippen molar-refractivity contribution in [2.45, 2.75) is 45.9 Å². The van der Waals surface area contributed by atoms with Gasteiger partial charge in [0, 0.05) is 18.9 Å². The Kier molecular flexibility index (Phi) is 6.35. The lowest BCUT2D eigenvalue weighted by atomic mass is 10.0. The van der Waals surface area contributed by atoms with Gasteiger partial charge < -0.3 is 15.0 Å². The molecule has 124 valence electrons. The van der Waals surface area contributed by atoms with Crippen molar-refractivity contribution >= 4 is 5.91 Å². The van der Waals surface area contributed by atoms with E-state index in [9.17, 15) is 9.90 Å². The maximum atomic E-state index is 12.0. The van der Waals surface area contributed by atoms with Crippen LogP contribution in [0.1, 0.15) is 31.7 Å². The fourth-order valence-electron chi connectivity index (χ4n) is 2.46. The molecule has 2 N–H and O–H groups in total. The molecule has 5 nitrogen and oxygen atoms in total. The van der Waals surface area contributed by atoms with E-state index in [1.54, 1.807) is 13.1 Å². The molecule has 2 atom stereocenters. The van der Waals surface area contributed by atoms with Crippen LogP contribution in [0.3, 0.4) is 0 Å². The van der Waals surface area contributed by atoms with Gasteiger partial charge in [0.1, 0.15) is 5.82 Å². The number of hydrogen-bond acceptors (Lipinski definition) is 3. The molecule has 2 unspecified atom stereocenters. The lowest BCUT2D eigenvalue weighted by molar-refractivity contribution is -0.128. The van der Waals surface area contributed by atoms with Gasteiger partial charge in [-0.05, 0) is 18.4 Å². The zero-order chi connectivity index (χ0) is 16.7. The van der Waals surface area contributed by atoms with Crippen molar-refractivity contribution in [3.05, 3.63) is 54.1 Å². The van der Waals surface area contributed by atoms with E-state index in [1.165, 1.54) is 5.56 Å². The number of imidazole rings is 1. The molecule has 1 aromatic heterocycles. The van der Waals surface area contributed by atoms with E-state index in [0.29, 0.717) is 13.0 Å². The number of benzene rings is 1. The number of rotatable bonds is 8. The average molecular weight is 315 g/mol. The molecule has 2 aromatic rings. The summed E-state index contributed by atoms with van der Waals surface area (Å²) in [6.07, 6.45) is 4.56. The van der Waals surface area contributed by atoms with Crippen LogP contribution >= 0.6 is 0 Å². The Morgan fingerprint density at radius 1 is 1.35 bits per heavy atom. The smallest absolute Gasteiger partial charge is 0.225 e. The summed E-state index contributed by atoms with van der Waals surface area (Å²) in [7, 11) is 0. The highest BCUT2D eigenvalue weighted by atomic mass is 16.3. The predicted molar refractivity (Wildman–Crippen MR) is 89.7 cm³/mol. The number of hydrogen-bond donors (Lipinski definition) is 2. The number of carbonyl (C=O) groups is 1. The summed E-state index contributed by atoms with van der Waals surface area (Å²) in [5.41, 5.74) is 1.27. The summed E-state index contributed by atoms with van der Waals surface area (Å²) in [6, 6.07) is 10.3. The Morgan fingerprint density at radius 2 is 2.09 bits per heavy atom. The van der Waals surface area contributed by atoms with E-state index < -0.39 is 12.0 Å². The summed E-state index contributed by atoms with van der Waals surface area (Å²) < 4.78 is 2.05. The average Bonchev–Trinajstić information content (AvgIpc) is 3.04. The minimum Gasteiger partial charge on any atom is -0.392 e.